The Kier molecular flexibility index (Phi) is 5.53. The van der Waals surface area contributed by atoms with Crippen molar-refractivity contribution >= 4 is 44.0 Å². The monoisotopic (exact) mass is 611 g/mol. The lowest BCUT2D eigenvalue weighted by molar-refractivity contribution is 0.655. The van der Waals surface area contributed by atoms with E-state index in [2.05, 4.69) is 121 Å². The molecule has 2 heterocycles. The minimum atomic E-state index is -0.587. The van der Waals surface area contributed by atoms with Crippen LogP contribution < -0.4 is 0 Å². The fraction of sp³-hybridized carbons (Fsp3) is 0.0227. The highest BCUT2D eigenvalue weighted by molar-refractivity contribution is 6.18. The normalized spacial score (nSPS) is 13.1. The first-order valence-corrected chi connectivity index (χ1v) is 16.0. The molecule has 0 amide bonds. The number of fused-ring (bicyclic) bond motifs is 9. The number of para-hydroxylation sites is 2. The number of hydrogen-bond donors (Lipinski definition) is 0. The van der Waals surface area contributed by atoms with Gasteiger partial charge in [-0.1, -0.05) is 109 Å². The number of aromatic nitrogens is 2. The third kappa shape index (κ3) is 3.64. The van der Waals surface area contributed by atoms with Crippen LogP contribution in [-0.2, 0) is 5.41 Å². The molecule has 9 aromatic rings. The quantitative estimate of drug-likeness (QED) is 0.199. The molecular formula is C44H25N3O. The first-order chi connectivity index (χ1) is 23.7. The summed E-state index contributed by atoms with van der Waals surface area (Å²) in [4.78, 5) is 9.73. The van der Waals surface area contributed by atoms with Crippen LogP contribution >= 0.6 is 0 Å². The second-order valence-corrected chi connectivity index (χ2v) is 12.5. The standard InChI is InChI=1S/C44H25N3O/c45-26-27-15-19-34-35-21-17-29(25-37(35)44(36(34)23-27,31-9-3-1-4-10-31)32-11-5-2-6-12-32)28-16-20-33-30(24-28)18-22-40-41(33)42-43(48-40)47-39-14-8-7-13-38(39)46-42/h1-25H. The highest BCUT2D eigenvalue weighted by Gasteiger charge is 2.46. The molecule has 4 nitrogen and oxygen atoms in total. The molecule has 0 N–H and O–H groups in total. The molecule has 0 unspecified atom stereocenters. The van der Waals surface area contributed by atoms with Gasteiger partial charge in [0.05, 0.1) is 33.5 Å². The molecule has 222 valence electrons. The molecule has 0 bridgehead atoms. The van der Waals surface area contributed by atoms with E-state index in [9.17, 15) is 5.26 Å². The number of furan rings is 1. The predicted octanol–water partition coefficient (Wildman–Crippen LogP) is 10.6. The lowest BCUT2D eigenvalue weighted by Crippen LogP contribution is -2.28. The number of hydrogen-bond acceptors (Lipinski definition) is 4. The van der Waals surface area contributed by atoms with E-state index in [1.165, 1.54) is 22.3 Å². The van der Waals surface area contributed by atoms with Crippen molar-refractivity contribution in [1.82, 2.24) is 9.97 Å². The van der Waals surface area contributed by atoms with E-state index in [0.717, 1.165) is 60.5 Å². The molecule has 0 atom stereocenters. The second-order valence-electron chi connectivity index (χ2n) is 12.5. The van der Waals surface area contributed by atoms with Gasteiger partial charge in [-0.05, 0) is 97.7 Å². The first-order valence-electron chi connectivity index (χ1n) is 16.0. The van der Waals surface area contributed by atoms with Crippen LogP contribution in [0.4, 0.5) is 0 Å². The lowest BCUT2D eigenvalue weighted by atomic mass is 9.67. The molecule has 4 heteroatoms. The number of benzene rings is 7. The number of nitriles is 1. The summed E-state index contributed by atoms with van der Waals surface area (Å²) in [6.45, 7) is 0. The third-order valence-electron chi connectivity index (χ3n) is 9.98. The number of nitrogens with zero attached hydrogens (tertiary/aromatic N) is 3. The summed E-state index contributed by atoms with van der Waals surface area (Å²) in [6.07, 6.45) is 0. The van der Waals surface area contributed by atoms with Crippen molar-refractivity contribution in [1.29, 1.82) is 5.26 Å². The smallest absolute Gasteiger partial charge is 0.246 e. The van der Waals surface area contributed by atoms with Crippen molar-refractivity contribution in [2.75, 3.05) is 0 Å². The van der Waals surface area contributed by atoms with Gasteiger partial charge in [0.25, 0.3) is 0 Å². The summed E-state index contributed by atoms with van der Waals surface area (Å²) in [7, 11) is 0. The largest absolute Gasteiger partial charge is 0.436 e. The highest BCUT2D eigenvalue weighted by atomic mass is 16.3. The van der Waals surface area contributed by atoms with Crippen LogP contribution in [0.15, 0.2) is 156 Å². The van der Waals surface area contributed by atoms with Crippen LogP contribution in [0.5, 0.6) is 0 Å². The van der Waals surface area contributed by atoms with E-state index < -0.39 is 5.41 Å². The van der Waals surface area contributed by atoms with E-state index in [-0.39, 0.29) is 0 Å². The maximum atomic E-state index is 9.97. The zero-order valence-corrected chi connectivity index (χ0v) is 25.7. The molecule has 0 radical (unpaired) electrons. The Hall–Kier alpha value is -6.57. The zero-order valence-electron chi connectivity index (χ0n) is 25.7. The summed E-state index contributed by atoms with van der Waals surface area (Å²) in [5, 5.41) is 13.1. The van der Waals surface area contributed by atoms with Crippen molar-refractivity contribution in [2.24, 2.45) is 0 Å². The SMILES string of the molecule is N#Cc1ccc2c(c1)C(c1ccccc1)(c1ccccc1)c1cc(-c3ccc4c(ccc5oc6nc7ccccc7nc6c54)c3)ccc1-2. The van der Waals surface area contributed by atoms with Crippen LogP contribution in [-0.4, -0.2) is 9.97 Å². The molecular weight excluding hydrogens is 587 g/mol. The Morgan fingerprint density at radius 1 is 0.562 bits per heavy atom. The van der Waals surface area contributed by atoms with Gasteiger partial charge >= 0.3 is 0 Å². The molecule has 0 saturated carbocycles. The molecule has 7 aromatic carbocycles. The third-order valence-corrected chi connectivity index (χ3v) is 9.98. The van der Waals surface area contributed by atoms with Crippen molar-refractivity contribution in [3.05, 3.63) is 179 Å². The first kappa shape index (κ1) is 26.6. The van der Waals surface area contributed by atoms with Gasteiger partial charge in [0.2, 0.25) is 5.71 Å². The number of rotatable bonds is 3. The molecule has 0 spiro atoms. The van der Waals surface area contributed by atoms with E-state index >= 15 is 0 Å². The molecule has 0 aliphatic heterocycles. The molecule has 2 aromatic heterocycles. The van der Waals surface area contributed by atoms with Gasteiger partial charge in [-0.15, -0.1) is 0 Å². The summed E-state index contributed by atoms with van der Waals surface area (Å²) in [5.74, 6) is 0. The van der Waals surface area contributed by atoms with Gasteiger partial charge in [-0.3, -0.25) is 0 Å². The average Bonchev–Trinajstić information content (AvgIpc) is 3.66. The molecule has 1 aliphatic carbocycles. The summed E-state index contributed by atoms with van der Waals surface area (Å²) >= 11 is 0. The summed E-state index contributed by atoms with van der Waals surface area (Å²) in [5.41, 5.74) is 13.1. The van der Waals surface area contributed by atoms with Crippen LogP contribution in [0.2, 0.25) is 0 Å². The van der Waals surface area contributed by atoms with E-state index in [1.54, 1.807) is 0 Å². The van der Waals surface area contributed by atoms with Crippen molar-refractivity contribution < 1.29 is 4.42 Å². The van der Waals surface area contributed by atoms with Gasteiger partial charge in [0.15, 0.2) is 0 Å². The van der Waals surface area contributed by atoms with Gasteiger partial charge < -0.3 is 4.42 Å². The molecule has 48 heavy (non-hydrogen) atoms. The molecule has 10 rings (SSSR count). The van der Waals surface area contributed by atoms with E-state index in [1.807, 2.05) is 36.4 Å². The van der Waals surface area contributed by atoms with Crippen LogP contribution in [0.3, 0.4) is 0 Å². The minimum absolute atomic E-state index is 0.552. The topological polar surface area (TPSA) is 62.7 Å². The maximum absolute atomic E-state index is 9.97. The summed E-state index contributed by atoms with van der Waals surface area (Å²) < 4.78 is 6.19. The van der Waals surface area contributed by atoms with Crippen molar-refractivity contribution in [3.8, 4) is 28.3 Å². The van der Waals surface area contributed by atoms with Gasteiger partial charge in [-0.2, -0.15) is 5.26 Å². The van der Waals surface area contributed by atoms with E-state index in [4.69, 9.17) is 14.4 Å². The maximum Gasteiger partial charge on any atom is 0.246 e. The van der Waals surface area contributed by atoms with Crippen LogP contribution in [0, 0.1) is 11.3 Å². The summed E-state index contributed by atoms with van der Waals surface area (Å²) in [6, 6.07) is 55.4. The van der Waals surface area contributed by atoms with Gasteiger partial charge in [0, 0.05) is 0 Å². The molecule has 0 fully saturated rings. The Labute approximate surface area is 276 Å². The van der Waals surface area contributed by atoms with E-state index in [0.29, 0.717) is 11.3 Å². The van der Waals surface area contributed by atoms with Gasteiger partial charge in [-0.25, -0.2) is 9.97 Å². The van der Waals surface area contributed by atoms with Crippen LogP contribution in [0.1, 0.15) is 27.8 Å². The lowest BCUT2D eigenvalue weighted by Gasteiger charge is -2.34. The van der Waals surface area contributed by atoms with Gasteiger partial charge in [0.1, 0.15) is 11.1 Å². The van der Waals surface area contributed by atoms with Crippen molar-refractivity contribution in [3.63, 3.8) is 0 Å². The fourth-order valence-electron chi connectivity index (χ4n) is 7.88. The van der Waals surface area contributed by atoms with Crippen LogP contribution in [0.25, 0.3) is 66.3 Å². The Balaban J connectivity index is 1.21. The zero-order chi connectivity index (χ0) is 31.8. The average molecular weight is 612 g/mol. The second kappa shape index (κ2) is 9.96. The Morgan fingerprint density at radius 3 is 1.92 bits per heavy atom. The molecule has 0 saturated heterocycles. The van der Waals surface area contributed by atoms with Crippen molar-refractivity contribution in [2.45, 2.75) is 5.41 Å². The molecule has 1 aliphatic rings. The Morgan fingerprint density at radius 2 is 1.19 bits per heavy atom. The Bertz CT molecular complexity index is 2750. The predicted molar refractivity (Wildman–Crippen MR) is 192 cm³/mol. The fourth-order valence-corrected chi connectivity index (χ4v) is 7.88. The highest BCUT2D eigenvalue weighted by Crippen LogP contribution is 2.57. The minimum Gasteiger partial charge on any atom is -0.436 e.